The largest absolute Gasteiger partial charge is 0.106 e. The van der Waals surface area contributed by atoms with Gasteiger partial charge in [-0.25, -0.2) is 0 Å². The van der Waals surface area contributed by atoms with Gasteiger partial charge in [0.05, 0.1) is 0 Å². The van der Waals surface area contributed by atoms with Gasteiger partial charge in [-0.15, -0.1) is 13.2 Å². The maximum Gasteiger partial charge on any atom is -0.0470 e. The lowest BCUT2D eigenvalue weighted by molar-refractivity contribution is 1.64. The second-order valence-electron chi connectivity index (χ2n) is 1.14. The molecule has 0 spiro atoms. The number of hydrogen-bond acceptors (Lipinski definition) is 0. The standard InChI is InChI=1S/C4H8.C4H6.C2H4/c2*1-3-4-2;1-2/h3-4H,1-2H3;3-4H,1-2H2;1-2H2/b4-3-;;. The molecule has 0 aliphatic carbocycles. The van der Waals surface area contributed by atoms with Gasteiger partial charge < -0.3 is 0 Å². The van der Waals surface area contributed by atoms with Crippen molar-refractivity contribution in [3.63, 3.8) is 0 Å². The van der Waals surface area contributed by atoms with Crippen molar-refractivity contribution in [2.24, 2.45) is 0 Å². The molecule has 0 amide bonds. The van der Waals surface area contributed by atoms with E-state index in [4.69, 9.17) is 0 Å². The quantitative estimate of drug-likeness (QED) is 0.382. The Morgan fingerprint density at radius 3 is 1.00 bits per heavy atom. The summed E-state index contributed by atoms with van der Waals surface area (Å²) >= 11 is 0. The average molecular weight is 138 g/mol. The Balaban J connectivity index is -0.0000000787. The zero-order valence-electron chi connectivity index (χ0n) is 7.14. The Bertz CT molecular complexity index is 68.0. The Morgan fingerprint density at radius 1 is 0.800 bits per heavy atom. The Kier molecular flexibility index (Phi) is 70.3. The van der Waals surface area contributed by atoms with E-state index in [1.54, 1.807) is 12.2 Å². The van der Waals surface area contributed by atoms with Crippen LogP contribution in [0.1, 0.15) is 13.8 Å². The summed E-state index contributed by atoms with van der Waals surface area (Å²) in [6.07, 6.45) is 7.28. The summed E-state index contributed by atoms with van der Waals surface area (Å²) in [5.74, 6) is 0. The lowest BCUT2D eigenvalue weighted by atomic mass is 10.6. The maximum absolute atomic E-state index is 3.36. The molecule has 0 bridgehead atoms. The van der Waals surface area contributed by atoms with Gasteiger partial charge in [0, 0.05) is 0 Å². The number of hydrogen-bond donors (Lipinski definition) is 0. The molecule has 0 aliphatic heterocycles. The third-order valence-corrected chi connectivity index (χ3v) is 0.500. The van der Waals surface area contributed by atoms with Crippen LogP contribution in [0.15, 0.2) is 50.6 Å². The Labute approximate surface area is 65.3 Å². The van der Waals surface area contributed by atoms with Crippen molar-refractivity contribution in [2.75, 3.05) is 0 Å². The zero-order chi connectivity index (χ0) is 8.83. The van der Waals surface area contributed by atoms with E-state index in [9.17, 15) is 0 Å². The van der Waals surface area contributed by atoms with E-state index in [0.29, 0.717) is 0 Å². The molecule has 0 fully saturated rings. The SMILES string of the molecule is C/C=C\C.C=C.C=CC=C. The zero-order valence-corrected chi connectivity index (χ0v) is 7.14. The summed E-state index contributed by atoms with van der Waals surface area (Å²) in [7, 11) is 0. The van der Waals surface area contributed by atoms with E-state index in [1.165, 1.54) is 0 Å². The second kappa shape index (κ2) is 44.0. The molecule has 0 unspecified atom stereocenters. The minimum Gasteiger partial charge on any atom is -0.106 e. The van der Waals surface area contributed by atoms with Gasteiger partial charge in [0.15, 0.2) is 0 Å². The molecule has 0 radical (unpaired) electrons. The van der Waals surface area contributed by atoms with Crippen LogP contribution in [-0.4, -0.2) is 0 Å². The molecule has 0 atom stereocenters. The molecular formula is C10H18. The van der Waals surface area contributed by atoms with Gasteiger partial charge >= 0.3 is 0 Å². The minimum atomic E-state index is 1.64. The van der Waals surface area contributed by atoms with Gasteiger partial charge in [0.2, 0.25) is 0 Å². The van der Waals surface area contributed by atoms with Gasteiger partial charge in [-0.3, -0.25) is 0 Å². The van der Waals surface area contributed by atoms with Gasteiger partial charge in [0.25, 0.3) is 0 Å². The van der Waals surface area contributed by atoms with Crippen LogP contribution in [0, 0.1) is 0 Å². The topological polar surface area (TPSA) is 0 Å². The molecule has 0 aromatic carbocycles. The van der Waals surface area contributed by atoms with Crippen molar-refractivity contribution in [3.05, 3.63) is 50.6 Å². The molecule has 0 nitrogen and oxygen atoms in total. The highest BCUT2D eigenvalue weighted by Gasteiger charge is 1.34. The highest BCUT2D eigenvalue weighted by atomic mass is 13.4. The predicted octanol–water partition coefficient (Wildman–Crippen LogP) is 3.74. The highest BCUT2D eigenvalue weighted by molar-refractivity contribution is 4.88. The third-order valence-electron chi connectivity index (χ3n) is 0.500. The first-order chi connectivity index (χ1) is 4.83. The molecule has 0 heteroatoms. The first-order valence-electron chi connectivity index (χ1n) is 3.14. The number of rotatable bonds is 1. The summed E-state index contributed by atoms with van der Waals surface area (Å²) in [6, 6.07) is 0. The monoisotopic (exact) mass is 138 g/mol. The van der Waals surface area contributed by atoms with Crippen LogP contribution in [-0.2, 0) is 0 Å². The van der Waals surface area contributed by atoms with Crippen LogP contribution < -0.4 is 0 Å². The van der Waals surface area contributed by atoms with Crippen molar-refractivity contribution in [1.29, 1.82) is 0 Å². The third kappa shape index (κ3) is 268. The molecule has 0 N–H and O–H groups in total. The van der Waals surface area contributed by atoms with Crippen LogP contribution >= 0.6 is 0 Å². The van der Waals surface area contributed by atoms with Crippen LogP contribution in [0.3, 0.4) is 0 Å². The first kappa shape index (κ1) is 16.0. The van der Waals surface area contributed by atoms with Crippen LogP contribution in [0.25, 0.3) is 0 Å². The van der Waals surface area contributed by atoms with E-state index in [0.717, 1.165) is 0 Å². The van der Waals surface area contributed by atoms with E-state index in [-0.39, 0.29) is 0 Å². The van der Waals surface area contributed by atoms with Crippen molar-refractivity contribution in [1.82, 2.24) is 0 Å². The summed E-state index contributed by atoms with van der Waals surface area (Å²) in [4.78, 5) is 0. The minimum absolute atomic E-state index is 1.64. The maximum atomic E-state index is 3.36. The summed E-state index contributed by atoms with van der Waals surface area (Å²) in [6.45, 7) is 16.7. The fraction of sp³-hybridized carbons (Fsp3) is 0.200. The normalized spacial score (nSPS) is 6.20. The first-order valence-corrected chi connectivity index (χ1v) is 3.14. The fourth-order valence-corrected chi connectivity index (χ4v) is 0. The van der Waals surface area contributed by atoms with E-state index in [1.807, 2.05) is 26.0 Å². The fourth-order valence-electron chi connectivity index (χ4n) is 0. The molecule has 10 heavy (non-hydrogen) atoms. The number of allylic oxidation sites excluding steroid dienone is 4. The van der Waals surface area contributed by atoms with E-state index < -0.39 is 0 Å². The molecular weight excluding hydrogens is 120 g/mol. The van der Waals surface area contributed by atoms with E-state index in [2.05, 4.69) is 26.3 Å². The molecule has 0 heterocycles. The molecule has 0 aliphatic rings. The summed E-state index contributed by atoms with van der Waals surface area (Å²) in [5.41, 5.74) is 0. The van der Waals surface area contributed by atoms with Gasteiger partial charge in [-0.05, 0) is 13.8 Å². The van der Waals surface area contributed by atoms with Crippen molar-refractivity contribution in [3.8, 4) is 0 Å². The van der Waals surface area contributed by atoms with Crippen molar-refractivity contribution in [2.45, 2.75) is 13.8 Å². The predicted molar refractivity (Wildman–Crippen MR) is 52.1 cm³/mol. The molecule has 0 aromatic heterocycles. The molecule has 0 saturated heterocycles. The molecule has 0 saturated carbocycles. The highest BCUT2D eigenvalue weighted by Crippen LogP contribution is 1.57. The van der Waals surface area contributed by atoms with Crippen molar-refractivity contribution < 1.29 is 0 Å². The average Bonchev–Trinajstić information content (AvgIpc) is 2.08. The van der Waals surface area contributed by atoms with Gasteiger partial charge in [0.1, 0.15) is 0 Å². The van der Waals surface area contributed by atoms with Crippen molar-refractivity contribution >= 4 is 0 Å². The van der Waals surface area contributed by atoms with Crippen LogP contribution in [0.5, 0.6) is 0 Å². The molecule has 58 valence electrons. The van der Waals surface area contributed by atoms with Gasteiger partial charge in [-0.2, -0.15) is 0 Å². The molecule has 0 aromatic rings. The second-order valence-corrected chi connectivity index (χ2v) is 1.14. The summed E-state index contributed by atoms with van der Waals surface area (Å²) < 4.78 is 0. The molecule has 0 rings (SSSR count). The van der Waals surface area contributed by atoms with Crippen LogP contribution in [0.2, 0.25) is 0 Å². The lowest BCUT2D eigenvalue weighted by Gasteiger charge is -1.49. The van der Waals surface area contributed by atoms with E-state index >= 15 is 0 Å². The van der Waals surface area contributed by atoms with Crippen LogP contribution in [0.4, 0.5) is 0 Å². The Morgan fingerprint density at radius 2 is 1.00 bits per heavy atom. The van der Waals surface area contributed by atoms with Gasteiger partial charge in [-0.1, -0.05) is 37.5 Å². The lowest BCUT2D eigenvalue weighted by Crippen LogP contribution is -1.26. The smallest absolute Gasteiger partial charge is 0.0470 e. The summed E-state index contributed by atoms with van der Waals surface area (Å²) in [5, 5.41) is 0. The Hall–Kier alpha value is -1.04.